The van der Waals surface area contributed by atoms with Gasteiger partial charge in [0.1, 0.15) is 5.82 Å². The van der Waals surface area contributed by atoms with Crippen molar-refractivity contribution in [2.75, 3.05) is 18.4 Å². The molecule has 1 aromatic heterocycles. The van der Waals surface area contributed by atoms with E-state index < -0.39 is 5.82 Å². The lowest BCUT2D eigenvalue weighted by atomic mass is 10.0. The summed E-state index contributed by atoms with van der Waals surface area (Å²) in [5, 5.41) is 5.39. The second-order valence-electron chi connectivity index (χ2n) is 5.49. The molecule has 6 nitrogen and oxygen atoms in total. The van der Waals surface area contributed by atoms with Crippen LogP contribution in [-0.2, 0) is 4.79 Å². The SMILES string of the molecule is Cc1c(C(=O)NCCN)c[nH]c1C=C1C(=O)Nc2ccc(F)cc21. The third kappa shape index (κ3) is 2.81. The molecule has 7 heteroatoms. The van der Waals surface area contributed by atoms with Crippen LogP contribution in [0.3, 0.4) is 0 Å². The second kappa shape index (κ2) is 6.29. The predicted octanol–water partition coefficient (Wildman–Crippen LogP) is 1.64. The van der Waals surface area contributed by atoms with Crippen LogP contribution in [0.1, 0.15) is 27.2 Å². The third-order valence-electron chi connectivity index (χ3n) is 3.91. The second-order valence-corrected chi connectivity index (χ2v) is 5.49. The molecule has 0 bridgehead atoms. The fourth-order valence-electron chi connectivity index (χ4n) is 2.63. The molecule has 2 heterocycles. The smallest absolute Gasteiger partial charge is 0.256 e. The number of rotatable bonds is 4. The molecule has 0 radical (unpaired) electrons. The van der Waals surface area contributed by atoms with Crippen LogP contribution in [0.5, 0.6) is 0 Å². The van der Waals surface area contributed by atoms with E-state index in [1.807, 2.05) is 0 Å². The standard InChI is InChI=1S/C17H17FN4O2/c1-9-13(16(23)20-5-4-19)8-21-15(9)7-12-11-6-10(18)2-3-14(11)22-17(12)24/h2-3,6-8,21H,4-5,19H2,1H3,(H,20,23)(H,22,24). The average Bonchev–Trinajstić information content (AvgIpc) is 3.06. The minimum absolute atomic E-state index is 0.235. The summed E-state index contributed by atoms with van der Waals surface area (Å²) in [5.74, 6) is -0.957. The van der Waals surface area contributed by atoms with E-state index in [9.17, 15) is 14.0 Å². The number of carbonyl (C=O) groups excluding carboxylic acids is 2. The number of nitrogens with one attached hydrogen (secondary N) is 3. The lowest BCUT2D eigenvalue weighted by molar-refractivity contribution is -0.110. The number of benzene rings is 1. The van der Waals surface area contributed by atoms with Crippen molar-refractivity contribution < 1.29 is 14.0 Å². The largest absolute Gasteiger partial charge is 0.361 e. The number of carbonyl (C=O) groups is 2. The summed E-state index contributed by atoms with van der Waals surface area (Å²) in [6, 6.07) is 4.13. The molecule has 0 atom stereocenters. The number of H-pyrrole nitrogens is 1. The number of halogens is 1. The zero-order chi connectivity index (χ0) is 17.3. The molecule has 0 aliphatic carbocycles. The first-order valence-corrected chi connectivity index (χ1v) is 7.50. The minimum atomic E-state index is -0.416. The molecule has 124 valence electrons. The maximum absolute atomic E-state index is 13.5. The highest BCUT2D eigenvalue weighted by Crippen LogP contribution is 2.34. The summed E-state index contributed by atoms with van der Waals surface area (Å²) in [5.41, 5.74) is 8.60. The van der Waals surface area contributed by atoms with Gasteiger partial charge in [0.05, 0.1) is 11.1 Å². The molecule has 0 fully saturated rings. The fourth-order valence-corrected chi connectivity index (χ4v) is 2.63. The Kier molecular flexibility index (Phi) is 4.18. The van der Waals surface area contributed by atoms with Gasteiger partial charge in [0, 0.05) is 36.2 Å². The summed E-state index contributed by atoms with van der Waals surface area (Å²) < 4.78 is 13.5. The Morgan fingerprint density at radius 3 is 2.96 bits per heavy atom. The number of fused-ring (bicyclic) bond motifs is 1. The molecule has 24 heavy (non-hydrogen) atoms. The summed E-state index contributed by atoms with van der Waals surface area (Å²) in [7, 11) is 0. The minimum Gasteiger partial charge on any atom is -0.361 e. The van der Waals surface area contributed by atoms with E-state index in [-0.39, 0.29) is 11.8 Å². The molecular formula is C17H17FN4O2. The van der Waals surface area contributed by atoms with E-state index in [4.69, 9.17) is 5.73 Å². The molecule has 1 aliphatic heterocycles. The summed E-state index contributed by atoms with van der Waals surface area (Å²) in [4.78, 5) is 27.2. The number of hydrogen-bond acceptors (Lipinski definition) is 3. The van der Waals surface area contributed by atoms with E-state index in [0.717, 1.165) is 0 Å². The van der Waals surface area contributed by atoms with Crippen LogP contribution in [0.4, 0.5) is 10.1 Å². The maximum atomic E-state index is 13.5. The number of hydrogen-bond donors (Lipinski definition) is 4. The summed E-state index contributed by atoms with van der Waals surface area (Å²) in [6.45, 7) is 2.52. The van der Waals surface area contributed by atoms with Gasteiger partial charge in [-0.1, -0.05) is 0 Å². The first-order chi connectivity index (χ1) is 11.5. The lowest BCUT2D eigenvalue weighted by Crippen LogP contribution is -2.29. The van der Waals surface area contributed by atoms with Crippen molar-refractivity contribution in [3.63, 3.8) is 0 Å². The van der Waals surface area contributed by atoms with Crippen molar-refractivity contribution in [3.8, 4) is 0 Å². The van der Waals surface area contributed by atoms with Crippen LogP contribution in [0.2, 0.25) is 0 Å². The average molecular weight is 328 g/mol. The van der Waals surface area contributed by atoms with Crippen molar-refractivity contribution in [2.45, 2.75) is 6.92 Å². The molecule has 0 saturated carbocycles. The Labute approximate surface area is 137 Å². The highest BCUT2D eigenvalue weighted by atomic mass is 19.1. The van der Waals surface area contributed by atoms with E-state index in [2.05, 4.69) is 15.6 Å². The molecule has 1 aliphatic rings. The van der Waals surface area contributed by atoms with Gasteiger partial charge in [-0.2, -0.15) is 0 Å². The van der Waals surface area contributed by atoms with E-state index >= 15 is 0 Å². The van der Waals surface area contributed by atoms with Crippen molar-refractivity contribution >= 4 is 29.2 Å². The Balaban J connectivity index is 1.96. The Morgan fingerprint density at radius 1 is 1.42 bits per heavy atom. The number of amides is 2. The summed E-state index contributed by atoms with van der Waals surface area (Å²) in [6.07, 6.45) is 3.20. The molecule has 2 aromatic rings. The lowest BCUT2D eigenvalue weighted by Gasteiger charge is -2.03. The van der Waals surface area contributed by atoms with Gasteiger partial charge in [-0.25, -0.2) is 4.39 Å². The van der Waals surface area contributed by atoms with Gasteiger partial charge in [0.2, 0.25) is 0 Å². The first-order valence-electron chi connectivity index (χ1n) is 7.50. The maximum Gasteiger partial charge on any atom is 0.256 e. The summed E-state index contributed by atoms with van der Waals surface area (Å²) >= 11 is 0. The quantitative estimate of drug-likeness (QED) is 0.642. The number of anilines is 1. The normalized spacial score (nSPS) is 14.6. The van der Waals surface area contributed by atoms with Gasteiger partial charge in [0.25, 0.3) is 11.8 Å². The molecule has 5 N–H and O–H groups in total. The van der Waals surface area contributed by atoms with Crippen molar-refractivity contribution in [3.05, 3.63) is 52.6 Å². The van der Waals surface area contributed by atoms with Crippen LogP contribution in [-0.4, -0.2) is 29.9 Å². The van der Waals surface area contributed by atoms with Crippen LogP contribution in [0.25, 0.3) is 11.6 Å². The van der Waals surface area contributed by atoms with Gasteiger partial charge in [-0.3, -0.25) is 9.59 Å². The molecule has 0 saturated heterocycles. The number of aromatic nitrogens is 1. The zero-order valence-corrected chi connectivity index (χ0v) is 13.1. The van der Waals surface area contributed by atoms with Crippen LogP contribution >= 0.6 is 0 Å². The zero-order valence-electron chi connectivity index (χ0n) is 13.1. The Hall–Kier alpha value is -2.93. The predicted molar refractivity (Wildman–Crippen MR) is 89.8 cm³/mol. The highest BCUT2D eigenvalue weighted by molar-refractivity contribution is 6.34. The Morgan fingerprint density at radius 2 is 2.21 bits per heavy atom. The van der Waals surface area contributed by atoms with Crippen molar-refractivity contribution in [1.29, 1.82) is 0 Å². The van der Waals surface area contributed by atoms with Gasteiger partial charge in [-0.05, 0) is 36.8 Å². The van der Waals surface area contributed by atoms with Gasteiger partial charge >= 0.3 is 0 Å². The molecule has 2 amide bonds. The van der Waals surface area contributed by atoms with Gasteiger partial charge in [0.15, 0.2) is 0 Å². The van der Waals surface area contributed by atoms with Crippen LogP contribution in [0, 0.1) is 12.7 Å². The molecule has 0 unspecified atom stereocenters. The molecular weight excluding hydrogens is 311 g/mol. The van der Waals surface area contributed by atoms with E-state index in [1.165, 1.54) is 18.2 Å². The first kappa shape index (κ1) is 15.9. The van der Waals surface area contributed by atoms with Gasteiger partial charge in [-0.15, -0.1) is 0 Å². The molecule has 3 rings (SSSR count). The highest BCUT2D eigenvalue weighted by Gasteiger charge is 2.25. The molecule has 0 spiro atoms. The Bertz CT molecular complexity index is 854. The number of aromatic amines is 1. The van der Waals surface area contributed by atoms with Crippen LogP contribution in [0.15, 0.2) is 24.4 Å². The fraction of sp³-hybridized carbons (Fsp3) is 0.176. The molecule has 1 aromatic carbocycles. The van der Waals surface area contributed by atoms with Crippen molar-refractivity contribution in [1.82, 2.24) is 10.3 Å². The van der Waals surface area contributed by atoms with Crippen molar-refractivity contribution in [2.24, 2.45) is 5.73 Å². The van der Waals surface area contributed by atoms with Gasteiger partial charge < -0.3 is 21.4 Å². The van der Waals surface area contributed by atoms with Crippen LogP contribution < -0.4 is 16.4 Å². The monoisotopic (exact) mass is 328 g/mol. The van der Waals surface area contributed by atoms with E-state index in [1.54, 1.807) is 19.2 Å². The van der Waals surface area contributed by atoms with E-state index in [0.29, 0.717) is 46.7 Å². The topological polar surface area (TPSA) is 100 Å². The third-order valence-corrected chi connectivity index (χ3v) is 3.91. The number of nitrogens with two attached hydrogens (primary N) is 1.